The van der Waals surface area contributed by atoms with Crippen LogP contribution in [0.15, 0.2) is 11.4 Å². The smallest absolute Gasteiger partial charge is 0.354 e. The fourth-order valence-corrected chi connectivity index (χ4v) is 1.88. The number of carbonyl (C=O) groups is 1. The SMILES string of the molecule is Cc1nc(-c2nc(Cl)cc(C(=O)O)n2)cs1. The lowest BCUT2D eigenvalue weighted by Gasteiger charge is -1.98. The summed E-state index contributed by atoms with van der Waals surface area (Å²) in [7, 11) is 0. The van der Waals surface area contributed by atoms with Gasteiger partial charge in [-0.25, -0.2) is 19.7 Å². The van der Waals surface area contributed by atoms with Crippen LogP contribution in [0.1, 0.15) is 15.5 Å². The van der Waals surface area contributed by atoms with Crippen molar-refractivity contribution in [1.82, 2.24) is 15.0 Å². The molecule has 0 amide bonds. The van der Waals surface area contributed by atoms with Crippen molar-refractivity contribution in [2.45, 2.75) is 6.92 Å². The summed E-state index contributed by atoms with van der Waals surface area (Å²) in [6.45, 7) is 1.84. The van der Waals surface area contributed by atoms with Crippen molar-refractivity contribution >= 4 is 28.9 Å². The van der Waals surface area contributed by atoms with Crippen LogP contribution >= 0.6 is 22.9 Å². The van der Waals surface area contributed by atoms with E-state index < -0.39 is 5.97 Å². The molecular formula is C9H6ClN3O2S. The van der Waals surface area contributed by atoms with Crippen LogP contribution in [0.25, 0.3) is 11.5 Å². The highest BCUT2D eigenvalue weighted by Crippen LogP contribution is 2.20. The first kappa shape index (κ1) is 11.0. The number of carboxylic acid groups (broad SMARTS) is 1. The van der Waals surface area contributed by atoms with E-state index in [9.17, 15) is 4.79 Å². The highest BCUT2D eigenvalue weighted by atomic mass is 35.5. The molecule has 0 bridgehead atoms. The number of aryl methyl sites for hydroxylation is 1. The largest absolute Gasteiger partial charge is 0.477 e. The number of carboxylic acids is 1. The number of hydrogen-bond donors (Lipinski definition) is 1. The van der Waals surface area contributed by atoms with Crippen LogP contribution in [0, 0.1) is 6.92 Å². The number of halogens is 1. The second kappa shape index (κ2) is 4.15. The summed E-state index contributed by atoms with van der Waals surface area (Å²) in [5.41, 5.74) is 0.396. The summed E-state index contributed by atoms with van der Waals surface area (Å²) in [6, 6.07) is 1.20. The van der Waals surface area contributed by atoms with Crippen LogP contribution in [0.2, 0.25) is 5.15 Å². The van der Waals surface area contributed by atoms with Gasteiger partial charge in [-0.2, -0.15) is 0 Å². The second-order valence-corrected chi connectivity index (χ2v) is 4.41. The number of thiazole rings is 1. The van der Waals surface area contributed by atoms with Gasteiger partial charge in [0.05, 0.1) is 5.01 Å². The number of aromatic nitrogens is 3. The molecular weight excluding hydrogens is 250 g/mol. The molecule has 5 nitrogen and oxygen atoms in total. The maximum absolute atomic E-state index is 10.8. The van der Waals surface area contributed by atoms with Gasteiger partial charge in [0.15, 0.2) is 11.5 Å². The summed E-state index contributed by atoms with van der Waals surface area (Å²) in [5, 5.41) is 11.5. The minimum Gasteiger partial charge on any atom is -0.477 e. The van der Waals surface area contributed by atoms with Gasteiger partial charge in [0, 0.05) is 11.4 Å². The van der Waals surface area contributed by atoms with Crippen LogP contribution < -0.4 is 0 Å². The van der Waals surface area contributed by atoms with Crippen molar-refractivity contribution in [1.29, 1.82) is 0 Å². The first-order valence-corrected chi connectivity index (χ1v) is 5.52. The maximum atomic E-state index is 10.8. The quantitative estimate of drug-likeness (QED) is 0.833. The molecule has 0 saturated heterocycles. The fraction of sp³-hybridized carbons (Fsp3) is 0.111. The normalized spacial score (nSPS) is 10.4. The molecule has 2 rings (SSSR count). The van der Waals surface area contributed by atoms with Crippen molar-refractivity contribution in [3.8, 4) is 11.5 Å². The monoisotopic (exact) mass is 255 g/mol. The Kier molecular flexibility index (Phi) is 2.84. The van der Waals surface area contributed by atoms with Crippen molar-refractivity contribution in [3.63, 3.8) is 0 Å². The van der Waals surface area contributed by atoms with E-state index in [0.717, 1.165) is 5.01 Å². The maximum Gasteiger partial charge on any atom is 0.354 e. The minimum absolute atomic E-state index is 0.0908. The van der Waals surface area contributed by atoms with E-state index in [1.807, 2.05) is 6.92 Å². The average Bonchev–Trinajstić information content (AvgIpc) is 2.64. The second-order valence-electron chi connectivity index (χ2n) is 2.96. The van der Waals surface area contributed by atoms with E-state index in [2.05, 4.69) is 15.0 Å². The predicted molar refractivity (Wildman–Crippen MR) is 59.8 cm³/mol. The third kappa shape index (κ3) is 2.17. The van der Waals surface area contributed by atoms with Gasteiger partial charge in [0.2, 0.25) is 0 Å². The summed E-state index contributed by atoms with van der Waals surface area (Å²) >= 11 is 7.15. The van der Waals surface area contributed by atoms with E-state index in [-0.39, 0.29) is 16.7 Å². The molecule has 0 aromatic carbocycles. The fourth-order valence-electron chi connectivity index (χ4n) is 1.11. The molecule has 0 aliphatic rings. The third-order valence-corrected chi connectivity index (χ3v) is 2.73. The molecule has 0 aliphatic heterocycles. The average molecular weight is 256 g/mol. The van der Waals surface area contributed by atoms with E-state index >= 15 is 0 Å². The summed E-state index contributed by atoms with van der Waals surface area (Å²) in [5.74, 6) is -0.910. The van der Waals surface area contributed by atoms with Crippen LogP contribution in [-0.4, -0.2) is 26.0 Å². The van der Waals surface area contributed by atoms with Gasteiger partial charge in [0.25, 0.3) is 0 Å². The van der Waals surface area contributed by atoms with Crippen LogP contribution in [0.3, 0.4) is 0 Å². The molecule has 0 fully saturated rings. The molecule has 0 spiro atoms. The van der Waals surface area contributed by atoms with E-state index in [0.29, 0.717) is 5.69 Å². The van der Waals surface area contributed by atoms with Gasteiger partial charge in [-0.1, -0.05) is 11.6 Å². The Balaban J connectivity index is 2.53. The minimum atomic E-state index is -1.14. The van der Waals surface area contributed by atoms with Crippen molar-refractivity contribution in [3.05, 3.63) is 27.3 Å². The van der Waals surface area contributed by atoms with Gasteiger partial charge in [-0.05, 0) is 6.92 Å². The highest BCUT2D eigenvalue weighted by Gasteiger charge is 2.12. The Morgan fingerprint density at radius 1 is 1.44 bits per heavy atom. The number of hydrogen-bond acceptors (Lipinski definition) is 5. The van der Waals surface area contributed by atoms with Crippen LogP contribution in [-0.2, 0) is 0 Å². The molecule has 0 unspecified atom stereocenters. The molecule has 0 aliphatic carbocycles. The summed E-state index contributed by atoms with van der Waals surface area (Å²) in [4.78, 5) is 22.7. The molecule has 1 N–H and O–H groups in total. The lowest BCUT2D eigenvalue weighted by molar-refractivity contribution is 0.0690. The first-order chi connectivity index (χ1) is 7.56. The van der Waals surface area contributed by atoms with Gasteiger partial charge in [-0.15, -0.1) is 11.3 Å². The van der Waals surface area contributed by atoms with Crippen LogP contribution in [0.4, 0.5) is 0 Å². The van der Waals surface area contributed by atoms with Crippen LogP contribution in [0.5, 0.6) is 0 Å². The lowest BCUT2D eigenvalue weighted by Crippen LogP contribution is -2.03. The zero-order chi connectivity index (χ0) is 11.7. The molecule has 0 radical (unpaired) electrons. The van der Waals surface area contributed by atoms with E-state index in [4.69, 9.17) is 16.7 Å². The summed E-state index contributed by atoms with van der Waals surface area (Å²) in [6.07, 6.45) is 0. The Hall–Kier alpha value is -1.53. The van der Waals surface area contributed by atoms with Crippen molar-refractivity contribution in [2.75, 3.05) is 0 Å². The Morgan fingerprint density at radius 2 is 2.19 bits per heavy atom. The molecule has 82 valence electrons. The molecule has 2 aromatic rings. The zero-order valence-corrected chi connectivity index (χ0v) is 9.71. The van der Waals surface area contributed by atoms with E-state index in [1.165, 1.54) is 17.4 Å². The highest BCUT2D eigenvalue weighted by molar-refractivity contribution is 7.09. The van der Waals surface area contributed by atoms with Gasteiger partial charge in [-0.3, -0.25) is 0 Å². The number of aromatic carboxylic acids is 1. The first-order valence-electron chi connectivity index (χ1n) is 4.26. The predicted octanol–water partition coefficient (Wildman–Crippen LogP) is 2.26. The van der Waals surface area contributed by atoms with Crippen molar-refractivity contribution in [2.24, 2.45) is 0 Å². The zero-order valence-electron chi connectivity index (χ0n) is 8.14. The molecule has 16 heavy (non-hydrogen) atoms. The lowest BCUT2D eigenvalue weighted by atomic mass is 10.3. The van der Waals surface area contributed by atoms with Gasteiger partial charge >= 0.3 is 5.97 Å². The number of nitrogens with zero attached hydrogens (tertiary/aromatic N) is 3. The topological polar surface area (TPSA) is 76.0 Å². The Bertz CT molecular complexity index is 555. The third-order valence-electron chi connectivity index (χ3n) is 1.76. The van der Waals surface area contributed by atoms with E-state index in [1.54, 1.807) is 5.38 Å². The summed E-state index contributed by atoms with van der Waals surface area (Å²) < 4.78 is 0. The number of rotatable bonds is 2. The standard InChI is InChI=1S/C9H6ClN3O2S/c1-4-11-6(3-16-4)8-12-5(9(14)15)2-7(10)13-8/h2-3H,1H3,(H,14,15). The Labute approximate surface area is 99.8 Å². The molecule has 0 saturated carbocycles. The molecule has 0 atom stereocenters. The van der Waals surface area contributed by atoms with Gasteiger partial charge < -0.3 is 5.11 Å². The van der Waals surface area contributed by atoms with Crippen molar-refractivity contribution < 1.29 is 9.90 Å². The molecule has 7 heteroatoms. The molecule has 2 heterocycles. The molecule has 2 aromatic heterocycles. The van der Waals surface area contributed by atoms with Gasteiger partial charge in [0.1, 0.15) is 10.8 Å². The Morgan fingerprint density at radius 3 is 2.75 bits per heavy atom.